The zero-order chi connectivity index (χ0) is 9.26. The molecule has 0 aliphatic heterocycles. The van der Waals surface area contributed by atoms with Crippen LogP contribution in [0.1, 0.15) is 10.5 Å². The first-order valence-electron chi connectivity index (χ1n) is 4.09. The van der Waals surface area contributed by atoms with Crippen molar-refractivity contribution in [3.63, 3.8) is 0 Å². The third-order valence-corrected chi connectivity index (χ3v) is 2.06. The van der Waals surface area contributed by atoms with Gasteiger partial charge >= 0.3 is 0 Å². The second kappa shape index (κ2) is 2.94. The summed E-state index contributed by atoms with van der Waals surface area (Å²) in [6.07, 6.45) is 0.818. The molecule has 1 aromatic carbocycles. The van der Waals surface area contributed by atoms with Crippen molar-refractivity contribution < 1.29 is 4.79 Å². The molecule has 0 saturated carbocycles. The van der Waals surface area contributed by atoms with E-state index in [9.17, 15) is 4.79 Å². The van der Waals surface area contributed by atoms with Crippen LogP contribution in [0, 0.1) is 0 Å². The van der Waals surface area contributed by atoms with Crippen molar-refractivity contribution in [2.24, 2.45) is 0 Å². The molecule has 3 nitrogen and oxygen atoms in total. The van der Waals surface area contributed by atoms with E-state index in [4.69, 9.17) is 0 Å². The summed E-state index contributed by atoms with van der Waals surface area (Å²) in [5.41, 5.74) is 2.65. The summed E-state index contributed by atoms with van der Waals surface area (Å²) in [6.45, 7) is 0. The first kappa shape index (κ1) is 7.86. The van der Waals surface area contributed by atoms with E-state index in [0.717, 1.165) is 22.9 Å². The molecule has 13 heavy (non-hydrogen) atoms. The average Bonchev–Trinajstić information content (AvgIpc) is 2.58. The molecule has 3 heteroatoms. The van der Waals surface area contributed by atoms with Gasteiger partial charge in [-0.15, -0.1) is 0 Å². The number of aldehydes is 1. The third-order valence-electron chi connectivity index (χ3n) is 2.06. The SMILES string of the molecule is CNc1ccc2[nH]c(C=O)cc2c1. The van der Waals surface area contributed by atoms with Crippen molar-refractivity contribution >= 4 is 22.9 Å². The molecule has 66 valence electrons. The predicted octanol–water partition coefficient (Wildman–Crippen LogP) is 2.02. The van der Waals surface area contributed by atoms with E-state index in [1.807, 2.05) is 31.3 Å². The number of nitrogens with one attached hydrogen (secondary N) is 2. The fourth-order valence-corrected chi connectivity index (χ4v) is 1.37. The number of carbonyl (C=O) groups is 1. The van der Waals surface area contributed by atoms with Crippen molar-refractivity contribution in [3.05, 3.63) is 30.0 Å². The lowest BCUT2D eigenvalue weighted by Gasteiger charge is -1.97. The lowest BCUT2D eigenvalue weighted by atomic mass is 10.2. The van der Waals surface area contributed by atoms with Crippen LogP contribution in [0.2, 0.25) is 0 Å². The van der Waals surface area contributed by atoms with Crippen molar-refractivity contribution in [3.8, 4) is 0 Å². The highest BCUT2D eigenvalue weighted by molar-refractivity contribution is 5.89. The van der Waals surface area contributed by atoms with Crippen molar-refractivity contribution in [2.45, 2.75) is 0 Å². The van der Waals surface area contributed by atoms with Crippen LogP contribution in [0.3, 0.4) is 0 Å². The molecule has 0 unspecified atom stereocenters. The zero-order valence-electron chi connectivity index (χ0n) is 7.29. The fourth-order valence-electron chi connectivity index (χ4n) is 1.37. The van der Waals surface area contributed by atoms with Gasteiger partial charge in [0.1, 0.15) is 0 Å². The summed E-state index contributed by atoms with van der Waals surface area (Å²) < 4.78 is 0. The molecule has 0 spiro atoms. The van der Waals surface area contributed by atoms with E-state index in [0.29, 0.717) is 5.69 Å². The quantitative estimate of drug-likeness (QED) is 0.684. The Balaban J connectivity index is 2.63. The van der Waals surface area contributed by atoms with E-state index in [1.54, 1.807) is 0 Å². The van der Waals surface area contributed by atoms with Crippen molar-refractivity contribution in [2.75, 3.05) is 12.4 Å². The maximum absolute atomic E-state index is 10.5. The number of aromatic nitrogens is 1. The number of carbonyl (C=O) groups excluding carboxylic acids is 1. The Bertz CT molecular complexity index is 445. The van der Waals surface area contributed by atoms with Gasteiger partial charge in [-0.25, -0.2) is 0 Å². The molecule has 0 atom stereocenters. The van der Waals surface area contributed by atoms with Crippen molar-refractivity contribution in [1.82, 2.24) is 4.98 Å². The van der Waals surface area contributed by atoms with Crippen LogP contribution in [0.25, 0.3) is 10.9 Å². The Kier molecular flexibility index (Phi) is 1.77. The number of hydrogen-bond donors (Lipinski definition) is 2. The minimum absolute atomic E-state index is 0.614. The van der Waals surface area contributed by atoms with Crippen LogP contribution in [0.15, 0.2) is 24.3 Å². The molecule has 2 aromatic rings. The monoisotopic (exact) mass is 174 g/mol. The highest BCUT2D eigenvalue weighted by Gasteiger charge is 1.99. The minimum atomic E-state index is 0.614. The van der Waals surface area contributed by atoms with Gasteiger partial charge in [0.15, 0.2) is 6.29 Å². The van der Waals surface area contributed by atoms with Crippen LogP contribution in [0.4, 0.5) is 5.69 Å². The molecule has 0 saturated heterocycles. The van der Waals surface area contributed by atoms with Gasteiger partial charge in [-0.05, 0) is 24.3 Å². The lowest BCUT2D eigenvalue weighted by Crippen LogP contribution is -1.85. The van der Waals surface area contributed by atoms with Gasteiger partial charge in [0, 0.05) is 23.6 Å². The molecule has 1 aromatic heterocycles. The molecule has 2 N–H and O–H groups in total. The van der Waals surface area contributed by atoms with E-state index in [1.165, 1.54) is 0 Å². The van der Waals surface area contributed by atoms with E-state index in [2.05, 4.69) is 10.3 Å². The highest BCUT2D eigenvalue weighted by atomic mass is 16.1. The molecule has 0 aliphatic carbocycles. The summed E-state index contributed by atoms with van der Waals surface area (Å²) in [5, 5.41) is 4.09. The van der Waals surface area contributed by atoms with Gasteiger partial charge in [0.2, 0.25) is 0 Å². The maximum Gasteiger partial charge on any atom is 0.166 e. The van der Waals surface area contributed by atoms with Gasteiger partial charge in [-0.1, -0.05) is 0 Å². The molecule has 0 amide bonds. The summed E-state index contributed by atoms with van der Waals surface area (Å²) in [6, 6.07) is 7.75. The van der Waals surface area contributed by atoms with Gasteiger partial charge in [-0.2, -0.15) is 0 Å². The standard InChI is InChI=1S/C10H10N2O/c1-11-8-2-3-10-7(4-8)5-9(6-13)12-10/h2-6,11-12H,1H3. The number of benzene rings is 1. The summed E-state index contributed by atoms with van der Waals surface area (Å²) >= 11 is 0. The average molecular weight is 174 g/mol. The highest BCUT2D eigenvalue weighted by Crippen LogP contribution is 2.18. The van der Waals surface area contributed by atoms with E-state index < -0.39 is 0 Å². The first-order valence-corrected chi connectivity index (χ1v) is 4.09. The minimum Gasteiger partial charge on any atom is -0.388 e. The Morgan fingerprint density at radius 3 is 2.92 bits per heavy atom. The van der Waals surface area contributed by atoms with Gasteiger partial charge in [0.05, 0.1) is 5.69 Å². The zero-order valence-corrected chi connectivity index (χ0v) is 7.29. The summed E-state index contributed by atoms with van der Waals surface area (Å²) in [7, 11) is 1.87. The molecule has 0 radical (unpaired) electrons. The molecule has 2 rings (SSSR count). The Hall–Kier alpha value is -1.77. The van der Waals surface area contributed by atoms with Crippen molar-refractivity contribution in [1.29, 1.82) is 0 Å². The number of rotatable bonds is 2. The number of H-pyrrole nitrogens is 1. The van der Waals surface area contributed by atoms with Crippen LogP contribution < -0.4 is 5.32 Å². The predicted molar refractivity (Wildman–Crippen MR) is 53.2 cm³/mol. The van der Waals surface area contributed by atoms with E-state index >= 15 is 0 Å². The second-order valence-corrected chi connectivity index (χ2v) is 2.89. The normalized spacial score (nSPS) is 10.2. The number of aromatic amines is 1. The van der Waals surface area contributed by atoms with E-state index in [-0.39, 0.29) is 0 Å². The van der Waals surface area contributed by atoms with Crippen LogP contribution >= 0.6 is 0 Å². The van der Waals surface area contributed by atoms with Gasteiger partial charge < -0.3 is 10.3 Å². The molecule has 1 heterocycles. The largest absolute Gasteiger partial charge is 0.388 e. The van der Waals surface area contributed by atoms with Gasteiger partial charge in [-0.3, -0.25) is 4.79 Å². The molecule has 0 fully saturated rings. The molecule has 0 bridgehead atoms. The number of anilines is 1. The van der Waals surface area contributed by atoms with Crippen LogP contribution in [0.5, 0.6) is 0 Å². The second-order valence-electron chi connectivity index (χ2n) is 2.89. The molecular formula is C10H10N2O. The fraction of sp³-hybridized carbons (Fsp3) is 0.100. The maximum atomic E-state index is 10.5. The number of fused-ring (bicyclic) bond motifs is 1. The third kappa shape index (κ3) is 1.28. The topological polar surface area (TPSA) is 44.9 Å². The summed E-state index contributed by atoms with van der Waals surface area (Å²) in [5.74, 6) is 0. The first-order chi connectivity index (χ1) is 6.33. The molecule has 0 aliphatic rings. The van der Waals surface area contributed by atoms with Gasteiger partial charge in [0.25, 0.3) is 0 Å². The Labute approximate surface area is 75.8 Å². The Morgan fingerprint density at radius 1 is 1.38 bits per heavy atom. The molecular weight excluding hydrogens is 164 g/mol. The summed E-state index contributed by atoms with van der Waals surface area (Å²) in [4.78, 5) is 13.5. The van der Waals surface area contributed by atoms with Crippen LogP contribution in [-0.4, -0.2) is 18.3 Å². The lowest BCUT2D eigenvalue weighted by molar-refractivity contribution is 0.112. The van der Waals surface area contributed by atoms with Crippen LogP contribution in [-0.2, 0) is 0 Å². The Morgan fingerprint density at radius 2 is 2.23 bits per heavy atom. The smallest absolute Gasteiger partial charge is 0.166 e. The number of hydrogen-bond acceptors (Lipinski definition) is 2.